The molecular formula is C11H18N6O. The fraction of sp³-hybridized carbons (Fsp3) is 0.545. The summed E-state index contributed by atoms with van der Waals surface area (Å²) >= 11 is 0. The van der Waals surface area contributed by atoms with Crippen molar-refractivity contribution in [3.05, 3.63) is 6.20 Å². The topological polar surface area (TPSA) is 87.8 Å². The highest BCUT2D eigenvalue weighted by Gasteiger charge is 2.09. The van der Waals surface area contributed by atoms with Gasteiger partial charge in [0.1, 0.15) is 5.82 Å². The molecule has 2 aromatic heterocycles. The van der Waals surface area contributed by atoms with E-state index in [1.165, 1.54) is 0 Å². The van der Waals surface area contributed by atoms with E-state index in [-0.39, 0.29) is 6.10 Å². The second kappa shape index (κ2) is 5.63. The first-order valence-electron chi connectivity index (χ1n) is 5.99. The van der Waals surface area contributed by atoms with Crippen molar-refractivity contribution >= 4 is 22.8 Å². The number of rotatable bonds is 6. The third kappa shape index (κ3) is 2.67. The summed E-state index contributed by atoms with van der Waals surface area (Å²) in [6, 6.07) is 0. The van der Waals surface area contributed by atoms with Gasteiger partial charge in [-0.25, -0.2) is 0 Å². The van der Waals surface area contributed by atoms with E-state index in [9.17, 15) is 0 Å². The number of hydrogen-bond acceptors (Lipinski definition) is 6. The van der Waals surface area contributed by atoms with Gasteiger partial charge in [-0.05, 0) is 13.8 Å². The van der Waals surface area contributed by atoms with Crippen LogP contribution in [0.3, 0.4) is 0 Å². The van der Waals surface area contributed by atoms with Gasteiger partial charge in [0.05, 0.1) is 17.7 Å². The minimum Gasteiger partial charge on any atom is -0.377 e. The third-order valence-electron chi connectivity index (χ3n) is 2.54. The van der Waals surface area contributed by atoms with Crippen LogP contribution < -0.4 is 10.6 Å². The molecule has 0 amide bonds. The van der Waals surface area contributed by atoms with Gasteiger partial charge in [-0.1, -0.05) is 0 Å². The molecule has 0 aromatic carbocycles. The average molecular weight is 250 g/mol. The van der Waals surface area contributed by atoms with Crippen molar-refractivity contribution < 1.29 is 4.74 Å². The van der Waals surface area contributed by atoms with Crippen LogP contribution in [0.2, 0.25) is 0 Å². The van der Waals surface area contributed by atoms with Crippen LogP contribution in [0.15, 0.2) is 6.20 Å². The largest absolute Gasteiger partial charge is 0.377 e. The molecule has 3 N–H and O–H groups in total. The number of H-pyrrole nitrogens is 1. The summed E-state index contributed by atoms with van der Waals surface area (Å²) in [6.07, 6.45) is 1.84. The molecule has 0 aliphatic rings. The maximum absolute atomic E-state index is 5.47. The molecule has 0 fully saturated rings. The second-order valence-electron chi connectivity index (χ2n) is 3.92. The Morgan fingerprint density at radius 3 is 3.00 bits per heavy atom. The van der Waals surface area contributed by atoms with Gasteiger partial charge in [-0.3, -0.25) is 5.10 Å². The zero-order valence-electron chi connectivity index (χ0n) is 10.8. The molecule has 0 spiro atoms. The molecule has 7 nitrogen and oxygen atoms in total. The van der Waals surface area contributed by atoms with Gasteiger partial charge in [-0.15, -0.1) is 0 Å². The molecule has 0 aliphatic carbocycles. The highest BCUT2D eigenvalue weighted by atomic mass is 16.5. The van der Waals surface area contributed by atoms with Gasteiger partial charge in [0.15, 0.2) is 5.65 Å². The summed E-state index contributed by atoms with van der Waals surface area (Å²) in [7, 11) is 1.78. The summed E-state index contributed by atoms with van der Waals surface area (Å²) in [4.78, 5) is 8.64. The minimum atomic E-state index is 0.130. The molecule has 2 aromatic rings. The summed E-state index contributed by atoms with van der Waals surface area (Å²) in [6.45, 7) is 5.39. The smallest absolute Gasteiger partial charge is 0.226 e. The van der Waals surface area contributed by atoms with Crippen molar-refractivity contribution in [1.29, 1.82) is 0 Å². The molecule has 0 radical (unpaired) electrons. The number of ether oxygens (including phenoxy) is 1. The van der Waals surface area contributed by atoms with E-state index >= 15 is 0 Å². The van der Waals surface area contributed by atoms with Crippen molar-refractivity contribution in [3.63, 3.8) is 0 Å². The van der Waals surface area contributed by atoms with Gasteiger partial charge in [-0.2, -0.15) is 15.1 Å². The number of aromatic nitrogens is 4. The molecule has 0 saturated carbocycles. The molecule has 7 heteroatoms. The van der Waals surface area contributed by atoms with Crippen LogP contribution in [0, 0.1) is 0 Å². The van der Waals surface area contributed by atoms with E-state index in [1.54, 1.807) is 13.2 Å². The van der Waals surface area contributed by atoms with E-state index in [0.29, 0.717) is 24.7 Å². The first-order chi connectivity index (χ1) is 8.74. The van der Waals surface area contributed by atoms with Gasteiger partial charge < -0.3 is 15.4 Å². The maximum atomic E-state index is 5.47. The lowest BCUT2D eigenvalue weighted by Gasteiger charge is -2.13. The highest BCUT2D eigenvalue weighted by molar-refractivity contribution is 5.86. The van der Waals surface area contributed by atoms with Gasteiger partial charge >= 0.3 is 0 Å². The first kappa shape index (κ1) is 12.6. The van der Waals surface area contributed by atoms with Gasteiger partial charge in [0, 0.05) is 20.2 Å². The predicted molar refractivity (Wildman–Crippen MR) is 70.8 cm³/mol. The quantitative estimate of drug-likeness (QED) is 0.714. The van der Waals surface area contributed by atoms with E-state index in [0.717, 1.165) is 11.2 Å². The van der Waals surface area contributed by atoms with Crippen molar-refractivity contribution in [2.75, 3.05) is 30.8 Å². The second-order valence-corrected chi connectivity index (χ2v) is 3.92. The lowest BCUT2D eigenvalue weighted by molar-refractivity contribution is 0.0855. The standard InChI is InChI=1S/C11H18N6O/c1-4-18-7(2)5-13-9-8-6-14-17-10(8)16-11(12-3)15-9/h6-7H,4-5H2,1-3H3,(H3,12,13,14,15,16,17). The molecular weight excluding hydrogens is 232 g/mol. The van der Waals surface area contributed by atoms with Crippen molar-refractivity contribution in [3.8, 4) is 0 Å². The predicted octanol–water partition coefficient (Wildman–Crippen LogP) is 1.23. The Hall–Kier alpha value is -1.89. The molecule has 0 saturated heterocycles. The molecule has 0 aliphatic heterocycles. The van der Waals surface area contributed by atoms with Crippen LogP contribution in [0.4, 0.5) is 11.8 Å². The lowest BCUT2D eigenvalue weighted by atomic mass is 10.3. The molecule has 1 unspecified atom stereocenters. The lowest BCUT2D eigenvalue weighted by Crippen LogP contribution is -2.20. The fourth-order valence-electron chi connectivity index (χ4n) is 1.67. The zero-order valence-corrected chi connectivity index (χ0v) is 10.8. The molecule has 2 rings (SSSR count). The molecule has 18 heavy (non-hydrogen) atoms. The summed E-state index contributed by atoms with van der Waals surface area (Å²) in [5.41, 5.74) is 0.709. The van der Waals surface area contributed by atoms with E-state index < -0.39 is 0 Å². The summed E-state index contributed by atoms with van der Waals surface area (Å²) in [5.74, 6) is 1.31. The number of aromatic amines is 1. The van der Waals surface area contributed by atoms with Crippen LogP contribution in [-0.4, -0.2) is 46.5 Å². The summed E-state index contributed by atoms with van der Waals surface area (Å²) < 4.78 is 5.47. The van der Waals surface area contributed by atoms with E-state index in [2.05, 4.69) is 30.8 Å². The van der Waals surface area contributed by atoms with E-state index in [1.807, 2.05) is 13.8 Å². The van der Waals surface area contributed by atoms with Gasteiger partial charge in [0.2, 0.25) is 5.95 Å². The normalized spacial score (nSPS) is 12.6. The Balaban J connectivity index is 2.18. The molecule has 1 atom stereocenters. The van der Waals surface area contributed by atoms with Crippen LogP contribution >= 0.6 is 0 Å². The number of anilines is 2. The third-order valence-corrected chi connectivity index (χ3v) is 2.54. The average Bonchev–Trinajstić information content (AvgIpc) is 2.84. The molecule has 98 valence electrons. The van der Waals surface area contributed by atoms with Crippen LogP contribution in [0.1, 0.15) is 13.8 Å². The van der Waals surface area contributed by atoms with Crippen LogP contribution in [0.25, 0.3) is 11.0 Å². The van der Waals surface area contributed by atoms with Gasteiger partial charge in [0.25, 0.3) is 0 Å². The zero-order chi connectivity index (χ0) is 13.0. The van der Waals surface area contributed by atoms with Crippen molar-refractivity contribution in [2.45, 2.75) is 20.0 Å². The molecule has 0 bridgehead atoms. The minimum absolute atomic E-state index is 0.130. The first-order valence-corrected chi connectivity index (χ1v) is 5.99. The van der Waals surface area contributed by atoms with Crippen LogP contribution in [0.5, 0.6) is 0 Å². The monoisotopic (exact) mass is 250 g/mol. The van der Waals surface area contributed by atoms with Crippen molar-refractivity contribution in [1.82, 2.24) is 20.2 Å². The highest BCUT2D eigenvalue weighted by Crippen LogP contribution is 2.19. The van der Waals surface area contributed by atoms with Crippen molar-refractivity contribution in [2.24, 2.45) is 0 Å². The number of hydrogen-bond donors (Lipinski definition) is 3. The Bertz CT molecular complexity index is 511. The molecule has 2 heterocycles. The number of nitrogens with zero attached hydrogens (tertiary/aromatic N) is 3. The SMILES string of the molecule is CCOC(C)CNc1nc(NC)nc2[nH]ncc12. The Kier molecular flexibility index (Phi) is 3.93. The number of nitrogens with one attached hydrogen (secondary N) is 3. The van der Waals surface area contributed by atoms with Crippen LogP contribution in [-0.2, 0) is 4.74 Å². The Labute approximate surface area is 105 Å². The number of fused-ring (bicyclic) bond motifs is 1. The maximum Gasteiger partial charge on any atom is 0.226 e. The summed E-state index contributed by atoms with van der Waals surface area (Å²) in [5, 5.41) is 13.9. The fourth-order valence-corrected chi connectivity index (χ4v) is 1.67. The van der Waals surface area contributed by atoms with E-state index in [4.69, 9.17) is 4.74 Å². The Morgan fingerprint density at radius 1 is 1.44 bits per heavy atom. The Morgan fingerprint density at radius 2 is 2.28 bits per heavy atom.